The van der Waals surface area contributed by atoms with Crippen LogP contribution < -0.4 is 5.32 Å². The molecule has 0 radical (unpaired) electrons. The fourth-order valence-corrected chi connectivity index (χ4v) is 1.38. The molecule has 4 nitrogen and oxygen atoms in total. The van der Waals surface area contributed by atoms with Gasteiger partial charge >= 0.3 is 0 Å². The van der Waals surface area contributed by atoms with Crippen LogP contribution in [0.4, 0.5) is 0 Å². The molecule has 2 heterocycles. The lowest BCUT2D eigenvalue weighted by Gasteiger charge is -2.13. The van der Waals surface area contributed by atoms with Crippen molar-refractivity contribution in [1.29, 1.82) is 0 Å². The largest absolute Gasteiger partial charge is 0.472 e. The zero-order valence-electron chi connectivity index (χ0n) is 7.27. The van der Waals surface area contributed by atoms with Crippen LogP contribution in [0.25, 0.3) is 0 Å². The van der Waals surface area contributed by atoms with E-state index >= 15 is 0 Å². The normalized spacial score (nSPS) is 28.1. The quantitative estimate of drug-likeness (QED) is 0.699. The molecule has 2 N–H and O–H groups in total. The van der Waals surface area contributed by atoms with Crippen LogP contribution in [0.1, 0.15) is 5.56 Å². The summed E-state index contributed by atoms with van der Waals surface area (Å²) in [7, 11) is 0. The highest BCUT2D eigenvalue weighted by Gasteiger charge is 2.25. The van der Waals surface area contributed by atoms with Gasteiger partial charge in [-0.3, -0.25) is 0 Å². The van der Waals surface area contributed by atoms with Crippen LogP contribution in [-0.2, 0) is 11.3 Å². The average Bonchev–Trinajstić information content (AvgIpc) is 2.72. The first-order valence-electron chi connectivity index (χ1n) is 4.36. The van der Waals surface area contributed by atoms with Crippen molar-refractivity contribution in [1.82, 2.24) is 5.32 Å². The summed E-state index contributed by atoms with van der Waals surface area (Å²) in [5.74, 6) is 0. The van der Waals surface area contributed by atoms with E-state index in [-0.39, 0.29) is 12.1 Å². The Labute approximate surface area is 76.5 Å². The van der Waals surface area contributed by atoms with Gasteiger partial charge in [0.05, 0.1) is 37.9 Å². The molecule has 2 atom stereocenters. The Kier molecular flexibility index (Phi) is 2.63. The summed E-state index contributed by atoms with van der Waals surface area (Å²) in [4.78, 5) is 0. The number of hydrogen-bond donors (Lipinski definition) is 2. The minimum atomic E-state index is -0.382. The van der Waals surface area contributed by atoms with Crippen LogP contribution in [0.2, 0.25) is 0 Å². The van der Waals surface area contributed by atoms with Gasteiger partial charge < -0.3 is 19.6 Å². The lowest BCUT2D eigenvalue weighted by atomic mass is 10.2. The van der Waals surface area contributed by atoms with E-state index < -0.39 is 0 Å². The Hall–Kier alpha value is -0.840. The molecule has 0 saturated carbocycles. The molecule has 0 aliphatic carbocycles. The fourth-order valence-electron chi connectivity index (χ4n) is 1.38. The lowest BCUT2D eigenvalue weighted by molar-refractivity contribution is 0.122. The van der Waals surface area contributed by atoms with Gasteiger partial charge in [0.15, 0.2) is 0 Å². The van der Waals surface area contributed by atoms with Crippen molar-refractivity contribution in [2.45, 2.75) is 18.7 Å². The molecule has 0 bridgehead atoms. The van der Waals surface area contributed by atoms with Crippen LogP contribution >= 0.6 is 0 Å². The number of ether oxygens (including phenoxy) is 1. The molecular formula is C9H13NO3. The number of rotatable bonds is 3. The molecule has 0 amide bonds. The van der Waals surface area contributed by atoms with Gasteiger partial charge in [-0.2, -0.15) is 0 Å². The summed E-state index contributed by atoms with van der Waals surface area (Å²) < 4.78 is 10.0. The van der Waals surface area contributed by atoms with Gasteiger partial charge in [0.25, 0.3) is 0 Å². The fraction of sp³-hybridized carbons (Fsp3) is 0.556. The summed E-state index contributed by atoms with van der Waals surface area (Å²) in [5, 5.41) is 12.6. The number of aliphatic hydroxyl groups is 1. The van der Waals surface area contributed by atoms with E-state index in [0.717, 1.165) is 5.56 Å². The Morgan fingerprint density at radius 1 is 1.54 bits per heavy atom. The molecular weight excluding hydrogens is 170 g/mol. The second kappa shape index (κ2) is 3.91. The number of nitrogens with one attached hydrogen (secondary N) is 1. The predicted molar refractivity (Wildman–Crippen MR) is 46.2 cm³/mol. The topological polar surface area (TPSA) is 54.6 Å². The molecule has 1 saturated heterocycles. The van der Waals surface area contributed by atoms with Gasteiger partial charge in [0, 0.05) is 12.1 Å². The van der Waals surface area contributed by atoms with E-state index in [2.05, 4.69) is 5.32 Å². The summed E-state index contributed by atoms with van der Waals surface area (Å²) in [6.45, 7) is 1.73. The van der Waals surface area contributed by atoms with Crippen LogP contribution in [-0.4, -0.2) is 30.5 Å². The predicted octanol–water partition coefficient (Wildman–Crippen LogP) is 0.129. The summed E-state index contributed by atoms with van der Waals surface area (Å²) in [5.41, 5.74) is 1.08. The standard InChI is InChI=1S/C9H13NO3/c11-9-6-13-5-8(9)10-3-7-1-2-12-4-7/h1-2,4,8-11H,3,5-6H2/t8-,9-/m1/s1. The van der Waals surface area contributed by atoms with Crippen LogP contribution in [0, 0.1) is 0 Å². The highest BCUT2D eigenvalue weighted by atomic mass is 16.5. The summed E-state index contributed by atoms with van der Waals surface area (Å²) >= 11 is 0. The summed E-state index contributed by atoms with van der Waals surface area (Å²) in [6.07, 6.45) is 2.94. The highest BCUT2D eigenvalue weighted by molar-refractivity contribution is 5.05. The second-order valence-electron chi connectivity index (χ2n) is 3.22. The van der Waals surface area contributed by atoms with Crippen LogP contribution in [0.3, 0.4) is 0 Å². The maximum Gasteiger partial charge on any atom is 0.0948 e. The first-order chi connectivity index (χ1) is 6.36. The van der Waals surface area contributed by atoms with Crippen LogP contribution in [0.15, 0.2) is 23.0 Å². The molecule has 1 aliphatic rings. The molecule has 4 heteroatoms. The molecule has 1 aromatic heterocycles. The van der Waals surface area contributed by atoms with E-state index in [9.17, 15) is 5.11 Å². The van der Waals surface area contributed by atoms with Crippen molar-refractivity contribution in [2.75, 3.05) is 13.2 Å². The molecule has 0 aromatic carbocycles. The highest BCUT2D eigenvalue weighted by Crippen LogP contribution is 2.06. The SMILES string of the molecule is O[C@@H]1COC[C@H]1NCc1ccoc1. The molecule has 13 heavy (non-hydrogen) atoms. The van der Waals surface area contributed by atoms with E-state index in [1.54, 1.807) is 12.5 Å². The lowest BCUT2D eigenvalue weighted by Crippen LogP contribution is -2.38. The van der Waals surface area contributed by atoms with Crippen molar-refractivity contribution in [3.8, 4) is 0 Å². The molecule has 1 fully saturated rings. The average molecular weight is 183 g/mol. The van der Waals surface area contributed by atoms with Crippen molar-refractivity contribution in [3.05, 3.63) is 24.2 Å². The van der Waals surface area contributed by atoms with Gasteiger partial charge in [-0.1, -0.05) is 0 Å². The first-order valence-corrected chi connectivity index (χ1v) is 4.36. The third-order valence-electron chi connectivity index (χ3n) is 2.20. The second-order valence-corrected chi connectivity index (χ2v) is 3.22. The first kappa shape index (κ1) is 8.74. The third kappa shape index (κ3) is 2.09. The van der Waals surface area contributed by atoms with Gasteiger partial charge in [-0.05, 0) is 6.07 Å². The van der Waals surface area contributed by atoms with E-state index in [1.165, 1.54) is 0 Å². The summed E-state index contributed by atoms with van der Waals surface area (Å²) in [6, 6.07) is 1.95. The minimum Gasteiger partial charge on any atom is -0.472 e. The number of furan rings is 1. The van der Waals surface area contributed by atoms with Crippen molar-refractivity contribution >= 4 is 0 Å². The van der Waals surface area contributed by atoms with E-state index in [1.807, 2.05) is 6.07 Å². The van der Waals surface area contributed by atoms with Crippen molar-refractivity contribution in [2.24, 2.45) is 0 Å². The van der Waals surface area contributed by atoms with Crippen molar-refractivity contribution < 1.29 is 14.3 Å². The molecule has 1 aromatic rings. The van der Waals surface area contributed by atoms with Gasteiger partial charge in [-0.25, -0.2) is 0 Å². The third-order valence-corrected chi connectivity index (χ3v) is 2.20. The zero-order valence-corrected chi connectivity index (χ0v) is 7.27. The maximum atomic E-state index is 9.41. The van der Waals surface area contributed by atoms with Crippen molar-refractivity contribution in [3.63, 3.8) is 0 Å². The Morgan fingerprint density at radius 2 is 2.46 bits per heavy atom. The van der Waals surface area contributed by atoms with Gasteiger partial charge in [-0.15, -0.1) is 0 Å². The molecule has 1 aliphatic heterocycles. The smallest absolute Gasteiger partial charge is 0.0948 e. The Balaban J connectivity index is 1.79. The molecule has 2 rings (SSSR count). The Morgan fingerprint density at radius 3 is 3.08 bits per heavy atom. The maximum absolute atomic E-state index is 9.41. The molecule has 0 spiro atoms. The monoisotopic (exact) mass is 183 g/mol. The van der Waals surface area contributed by atoms with E-state index in [4.69, 9.17) is 9.15 Å². The Bertz CT molecular complexity index is 247. The zero-order chi connectivity index (χ0) is 9.10. The molecule has 72 valence electrons. The minimum absolute atomic E-state index is 0.0508. The van der Waals surface area contributed by atoms with Gasteiger partial charge in [0.2, 0.25) is 0 Å². The van der Waals surface area contributed by atoms with Gasteiger partial charge in [0.1, 0.15) is 0 Å². The number of hydrogen-bond acceptors (Lipinski definition) is 4. The van der Waals surface area contributed by atoms with Crippen LogP contribution in [0.5, 0.6) is 0 Å². The molecule has 0 unspecified atom stereocenters. The van der Waals surface area contributed by atoms with E-state index in [0.29, 0.717) is 19.8 Å². The number of aliphatic hydroxyl groups excluding tert-OH is 1.